The van der Waals surface area contributed by atoms with E-state index >= 15 is 0 Å². The molecule has 0 aliphatic carbocycles. The van der Waals surface area contributed by atoms with E-state index in [9.17, 15) is 17.6 Å². The quantitative estimate of drug-likeness (QED) is 0.411. The lowest BCUT2D eigenvalue weighted by Gasteiger charge is -2.33. The molecule has 37 heavy (non-hydrogen) atoms. The van der Waals surface area contributed by atoms with Crippen LogP contribution in [0.15, 0.2) is 30.5 Å². The highest BCUT2D eigenvalue weighted by Crippen LogP contribution is 2.29. The van der Waals surface area contributed by atoms with E-state index in [-0.39, 0.29) is 17.5 Å². The molecule has 0 spiro atoms. The molecule has 196 valence electrons. The van der Waals surface area contributed by atoms with E-state index in [0.717, 1.165) is 5.56 Å². The van der Waals surface area contributed by atoms with Gasteiger partial charge in [-0.2, -0.15) is 14.3 Å². The van der Waals surface area contributed by atoms with Gasteiger partial charge in [-0.3, -0.25) is 9.69 Å². The molecule has 1 saturated heterocycles. The summed E-state index contributed by atoms with van der Waals surface area (Å²) < 4.78 is 39.6. The van der Waals surface area contributed by atoms with E-state index in [1.165, 1.54) is 29.6 Å². The number of carbonyl (C=O) groups excluding carboxylic acids is 1. The smallest absolute Gasteiger partial charge is 0.223 e. The standard InChI is InChI=1S/C23H28FN9O3S/c1-14-27-22(31-23(25)28-14)18-10-16(13-32-6-8-33(9-7-32)37(3,35)36)12-26-21(18)30-17-4-5-20(19(24)11-17)29-15(2)34/h4-5,10-12H,6-9,13H2,1-3H3,(H,26,30)(H,29,34)(H2,25,27,28,31). The number of nitrogens with one attached hydrogen (secondary N) is 2. The van der Waals surface area contributed by atoms with Crippen LogP contribution in [0.4, 0.5) is 27.5 Å². The lowest BCUT2D eigenvalue weighted by Crippen LogP contribution is -2.47. The predicted octanol–water partition coefficient (Wildman–Crippen LogP) is 1.74. The van der Waals surface area contributed by atoms with Crippen LogP contribution in [-0.4, -0.2) is 75.9 Å². The number of nitrogens with two attached hydrogens (primary N) is 1. The number of aryl methyl sites for hydroxylation is 1. The zero-order valence-electron chi connectivity index (χ0n) is 20.7. The number of pyridine rings is 1. The fourth-order valence-corrected chi connectivity index (χ4v) is 4.81. The van der Waals surface area contributed by atoms with Crippen molar-refractivity contribution in [3.8, 4) is 11.4 Å². The van der Waals surface area contributed by atoms with Crippen molar-refractivity contribution in [2.45, 2.75) is 20.4 Å². The Hall–Kier alpha value is -3.75. The minimum absolute atomic E-state index is 0.0569. The molecule has 0 bridgehead atoms. The molecule has 3 heterocycles. The summed E-state index contributed by atoms with van der Waals surface area (Å²) in [7, 11) is -3.22. The second-order valence-corrected chi connectivity index (χ2v) is 10.7. The Kier molecular flexibility index (Phi) is 7.61. The number of benzene rings is 1. The minimum Gasteiger partial charge on any atom is -0.368 e. The van der Waals surface area contributed by atoms with Crippen LogP contribution in [0.3, 0.4) is 0 Å². The van der Waals surface area contributed by atoms with Crippen molar-refractivity contribution < 1.29 is 17.6 Å². The summed E-state index contributed by atoms with van der Waals surface area (Å²) in [5, 5.41) is 5.52. The summed E-state index contributed by atoms with van der Waals surface area (Å²) >= 11 is 0. The van der Waals surface area contributed by atoms with E-state index in [4.69, 9.17) is 5.73 Å². The Morgan fingerprint density at radius 1 is 1.14 bits per heavy atom. The first kappa shape index (κ1) is 26.3. The SMILES string of the molecule is CC(=O)Nc1ccc(Nc2ncc(CN3CCN(S(C)(=O)=O)CC3)cc2-c2nc(C)nc(N)n2)cc1F. The van der Waals surface area contributed by atoms with Crippen molar-refractivity contribution in [1.29, 1.82) is 0 Å². The third kappa shape index (κ3) is 6.72. The fourth-order valence-electron chi connectivity index (χ4n) is 3.99. The van der Waals surface area contributed by atoms with E-state index in [1.807, 2.05) is 6.07 Å². The maximum Gasteiger partial charge on any atom is 0.223 e. The molecule has 2 aromatic heterocycles. The van der Waals surface area contributed by atoms with Crippen LogP contribution < -0.4 is 16.4 Å². The number of anilines is 4. The number of nitrogen functional groups attached to an aromatic ring is 1. The molecule has 0 radical (unpaired) electrons. The molecule has 4 N–H and O–H groups in total. The normalized spacial score (nSPS) is 14.9. The Morgan fingerprint density at radius 3 is 2.49 bits per heavy atom. The zero-order chi connectivity index (χ0) is 26.7. The van der Waals surface area contributed by atoms with E-state index in [0.29, 0.717) is 61.4 Å². The number of sulfonamides is 1. The largest absolute Gasteiger partial charge is 0.368 e. The second-order valence-electron chi connectivity index (χ2n) is 8.74. The van der Waals surface area contributed by atoms with Crippen LogP contribution in [0.2, 0.25) is 0 Å². The number of nitrogens with zero attached hydrogens (tertiary/aromatic N) is 6. The molecule has 0 unspecified atom stereocenters. The number of aromatic nitrogens is 4. The summed E-state index contributed by atoms with van der Waals surface area (Å²) in [4.78, 5) is 30.7. The van der Waals surface area contributed by atoms with Gasteiger partial charge in [-0.15, -0.1) is 0 Å². The lowest BCUT2D eigenvalue weighted by atomic mass is 10.1. The van der Waals surface area contributed by atoms with Gasteiger partial charge >= 0.3 is 0 Å². The van der Waals surface area contributed by atoms with Gasteiger partial charge in [0.2, 0.25) is 21.9 Å². The first-order chi connectivity index (χ1) is 17.5. The zero-order valence-corrected chi connectivity index (χ0v) is 21.5. The Bertz CT molecular complexity index is 1410. The highest BCUT2D eigenvalue weighted by molar-refractivity contribution is 7.88. The predicted molar refractivity (Wildman–Crippen MR) is 138 cm³/mol. The number of hydrogen-bond donors (Lipinski definition) is 3. The van der Waals surface area contributed by atoms with Crippen LogP contribution in [0.5, 0.6) is 0 Å². The van der Waals surface area contributed by atoms with Gasteiger partial charge in [0.25, 0.3) is 0 Å². The summed E-state index contributed by atoms with van der Waals surface area (Å²) in [5.74, 6) is 0.191. The molecule has 12 nitrogen and oxygen atoms in total. The van der Waals surface area contributed by atoms with E-state index < -0.39 is 15.8 Å². The molecule has 4 rings (SSSR count). The van der Waals surface area contributed by atoms with Gasteiger partial charge in [-0.25, -0.2) is 22.8 Å². The first-order valence-corrected chi connectivity index (χ1v) is 13.3. The molecule has 1 aromatic carbocycles. The Morgan fingerprint density at radius 2 is 1.86 bits per heavy atom. The summed E-state index contributed by atoms with van der Waals surface area (Å²) in [6, 6.07) is 6.18. The van der Waals surface area contributed by atoms with Gasteiger partial charge < -0.3 is 16.4 Å². The van der Waals surface area contributed by atoms with Gasteiger partial charge in [0.1, 0.15) is 17.5 Å². The molecular formula is C23H28FN9O3S. The molecule has 1 fully saturated rings. The fraction of sp³-hybridized carbons (Fsp3) is 0.348. The van der Waals surface area contributed by atoms with Crippen LogP contribution in [0, 0.1) is 12.7 Å². The van der Waals surface area contributed by atoms with Crippen LogP contribution in [0.1, 0.15) is 18.3 Å². The van der Waals surface area contributed by atoms with Gasteiger partial charge in [0, 0.05) is 51.5 Å². The molecular weight excluding hydrogens is 501 g/mol. The number of carbonyl (C=O) groups is 1. The lowest BCUT2D eigenvalue weighted by molar-refractivity contribution is -0.114. The van der Waals surface area contributed by atoms with Crippen LogP contribution >= 0.6 is 0 Å². The third-order valence-electron chi connectivity index (χ3n) is 5.70. The molecule has 1 amide bonds. The topological polar surface area (TPSA) is 159 Å². The maximum atomic E-state index is 14.5. The molecule has 3 aromatic rings. The van der Waals surface area contributed by atoms with Crippen molar-refractivity contribution >= 4 is 39.1 Å². The molecule has 1 aliphatic heterocycles. The van der Waals surface area contributed by atoms with Crippen molar-refractivity contribution in [1.82, 2.24) is 29.1 Å². The summed E-state index contributed by atoms with van der Waals surface area (Å²) in [6.07, 6.45) is 2.90. The Balaban J connectivity index is 1.62. The molecule has 1 aliphatic rings. The van der Waals surface area contributed by atoms with Crippen LogP contribution in [0.25, 0.3) is 11.4 Å². The number of rotatable bonds is 7. The highest BCUT2D eigenvalue weighted by Gasteiger charge is 2.24. The van der Waals surface area contributed by atoms with Gasteiger partial charge in [-0.1, -0.05) is 0 Å². The average molecular weight is 530 g/mol. The number of amides is 1. The van der Waals surface area contributed by atoms with Crippen molar-refractivity contribution in [2.75, 3.05) is 48.8 Å². The Labute approximate surface area is 214 Å². The van der Waals surface area contributed by atoms with E-state index in [1.54, 1.807) is 19.2 Å². The molecule has 14 heteroatoms. The molecule has 0 saturated carbocycles. The van der Waals surface area contributed by atoms with E-state index in [2.05, 4.69) is 35.5 Å². The monoisotopic (exact) mass is 529 g/mol. The average Bonchev–Trinajstić information content (AvgIpc) is 2.81. The highest BCUT2D eigenvalue weighted by atomic mass is 32.2. The van der Waals surface area contributed by atoms with Crippen molar-refractivity contribution in [3.63, 3.8) is 0 Å². The summed E-state index contributed by atoms with van der Waals surface area (Å²) in [5.41, 5.74) is 7.73. The number of hydrogen-bond acceptors (Lipinski definition) is 10. The summed E-state index contributed by atoms with van der Waals surface area (Å²) in [6.45, 7) is 5.54. The maximum absolute atomic E-state index is 14.5. The minimum atomic E-state index is -3.22. The van der Waals surface area contributed by atoms with Crippen molar-refractivity contribution in [3.05, 3.63) is 47.7 Å². The second kappa shape index (κ2) is 10.7. The van der Waals surface area contributed by atoms with Gasteiger partial charge in [-0.05, 0) is 36.8 Å². The van der Waals surface area contributed by atoms with Gasteiger partial charge in [0.05, 0.1) is 17.5 Å². The third-order valence-corrected chi connectivity index (χ3v) is 7.00. The van der Waals surface area contributed by atoms with Gasteiger partial charge in [0.15, 0.2) is 5.82 Å². The van der Waals surface area contributed by atoms with Crippen molar-refractivity contribution in [2.24, 2.45) is 0 Å². The number of piperazine rings is 1. The number of halogens is 1. The molecule has 0 atom stereocenters. The van der Waals surface area contributed by atoms with Crippen LogP contribution in [-0.2, 0) is 21.4 Å². The first-order valence-electron chi connectivity index (χ1n) is 11.5.